The number of benzene rings is 2. The molecule has 0 aromatic heterocycles. The number of aryl methyl sites for hydroxylation is 2. The summed E-state index contributed by atoms with van der Waals surface area (Å²) in [7, 11) is 0. The normalized spacial score (nSPS) is 10.0. The molecule has 108 valence electrons. The first kappa shape index (κ1) is 15.0. The van der Waals surface area contributed by atoms with Crippen LogP contribution in [0.1, 0.15) is 21.5 Å². The molecule has 5 heteroatoms. The number of nitrogens with two attached hydrogens (primary N) is 1. The fourth-order valence-corrected chi connectivity index (χ4v) is 2.17. The van der Waals surface area contributed by atoms with Crippen molar-refractivity contribution in [3.05, 3.63) is 59.2 Å². The third-order valence-electron chi connectivity index (χ3n) is 3.08. The Balaban J connectivity index is 2.16. The molecule has 0 fully saturated rings. The van der Waals surface area contributed by atoms with Crippen LogP contribution in [0.25, 0.3) is 0 Å². The Labute approximate surface area is 129 Å². The van der Waals surface area contributed by atoms with Crippen LogP contribution in [-0.2, 0) is 0 Å². The molecule has 4 nitrogen and oxygen atoms in total. The second-order valence-electron chi connectivity index (χ2n) is 4.81. The van der Waals surface area contributed by atoms with Gasteiger partial charge < -0.3 is 16.4 Å². The number of hydrogen-bond donors (Lipinski definition) is 3. The molecule has 0 radical (unpaired) electrons. The van der Waals surface area contributed by atoms with Crippen LogP contribution in [0, 0.1) is 13.8 Å². The second kappa shape index (κ2) is 6.37. The summed E-state index contributed by atoms with van der Waals surface area (Å²) >= 11 is 5.29. The maximum Gasteiger partial charge on any atom is 0.250 e. The first-order valence-electron chi connectivity index (χ1n) is 6.51. The molecular weight excluding hydrogens is 282 g/mol. The van der Waals surface area contributed by atoms with E-state index < -0.39 is 5.91 Å². The minimum absolute atomic E-state index is 0.405. The lowest BCUT2D eigenvalue weighted by molar-refractivity contribution is 0.100. The van der Waals surface area contributed by atoms with Crippen LogP contribution in [0.4, 0.5) is 11.4 Å². The lowest BCUT2D eigenvalue weighted by Gasteiger charge is -2.14. The Morgan fingerprint density at radius 2 is 1.71 bits per heavy atom. The molecule has 0 aliphatic rings. The van der Waals surface area contributed by atoms with Gasteiger partial charge in [-0.1, -0.05) is 24.3 Å². The maximum atomic E-state index is 11.4. The Morgan fingerprint density at radius 3 is 2.43 bits per heavy atom. The highest BCUT2D eigenvalue weighted by atomic mass is 32.1. The first-order valence-corrected chi connectivity index (χ1v) is 6.92. The average Bonchev–Trinajstić information content (AvgIpc) is 2.43. The molecular formula is C16H17N3OS. The van der Waals surface area contributed by atoms with Gasteiger partial charge in [0.25, 0.3) is 5.91 Å². The van der Waals surface area contributed by atoms with Gasteiger partial charge in [0, 0.05) is 5.69 Å². The summed E-state index contributed by atoms with van der Waals surface area (Å²) in [5, 5.41) is 6.55. The van der Waals surface area contributed by atoms with Gasteiger partial charge in [-0.3, -0.25) is 4.79 Å². The van der Waals surface area contributed by atoms with Gasteiger partial charge in [0.05, 0.1) is 11.3 Å². The van der Waals surface area contributed by atoms with Gasteiger partial charge in [0.1, 0.15) is 0 Å². The molecule has 0 aliphatic heterocycles. The number of para-hydroxylation sites is 1. The third kappa shape index (κ3) is 3.79. The minimum Gasteiger partial charge on any atom is -0.366 e. The lowest BCUT2D eigenvalue weighted by Crippen LogP contribution is -2.22. The van der Waals surface area contributed by atoms with Crippen LogP contribution in [0.15, 0.2) is 42.5 Å². The predicted molar refractivity (Wildman–Crippen MR) is 90.7 cm³/mol. The smallest absolute Gasteiger partial charge is 0.250 e. The number of amides is 1. The van der Waals surface area contributed by atoms with E-state index in [0.717, 1.165) is 16.8 Å². The monoisotopic (exact) mass is 299 g/mol. The van der Waals surface area contributed by atoms with E-state index in [1.807, 2.05) is 38.1 Å². The van der Waals surface area contributed by atoms with Gasteiger partial charge in [0.15, 0.2) is 5.11 Å². The maximum absolute atomic E-state index is 11.4. The Morgan fingerprint density at radius 1 is 1.05 bits per heavy atom. The summed E-state index contributed by atoms with van der Waals surface area (Å²) in [6, 6.07) is 13.1. The van der Waals surface area contributed by atoms with Crippen molar-refractivity contribution in [2.24, 2.45) is 5.73 Å². The fourth-order valence-electron chi connectivity index (χ4n) is 1.95. The first-order chi connectivity index (χ1) is 9.97. The minimum atomic E-state index is -0.493. The number of carbonyl (C=O) groups excluding carboxylic acids is 1. The highest BCUT2D eigenvalue weighted by Crippen LogP contribution is 2.18. The molecule has 2 rings (SSSR count). The molecule has 0 saturated carbocycles. The van der Waals surface area contributed by atoms with Crippen molar-refractivity contribution in [3.8, 4) is 0 Å². The summed E-state index contributed by atoms with van der Waals surface area (Å²) in [6.45, 7) is 4.02. The summed E-state index contributed by atoms with van der Waals surface area (Å²) in [4.78, 5) is 11.4. The van der Waals surface area contributed by atoms with Crippen LogP contribution in [-0.4, -0.2) is 11.0 Å². The lowest BCUT2D eigenvalue weighted by atomic mass is 10.1. The number of thiocarbonyl (C=S) groups is 1. The molecule has 4 N–H and O–H groups in total. The number of anilines is 2. The molecule has 0 atom stereocenters. The van der Waals surface area contributed by atoms with Crippen molar-refractivity contribution in [2.75, 3.05) is 10.6 Å². The van der Waals surface area contributed by atoms with E-state index in [1.165, 1.54) is 0 Å². The van der Waals surface area contributed by atoms with Gasteiger partial charge in [-0.25, -0.2) is 0 Å². The van der Waals surface area contributed by atoms with Crippen molar-refractivity contribution in [2.45, 2.75) is 13.8 Å². The molecule has 0 unspecified atom stereocenters. The topological polar surface area (TPSA) is 67.2 Å². The molecule has 1 amide bonds. The highest BCUT2D eigenvalue weighted by Gasteiger charge is 2.09. The van der Waals surface area contributed by atoms with E-state index in [0.29, 0.717) is 16.4 Å². The predicted octanol–water partition coefficient (Wildman–Crippen LogP) is 3.21. The summed E-state index contributed by atoms with van der Waals surface area (Å²) in [5.74, 6) is -0.493. The standard InChI is InChI=1S/C16H17N3OS/c1-10-7-8-11(2)14(9-10)19-16(21)18-13-6-4-3-5-12(13)15(17)20/h3-9H,1-2H3,(H2,17,20)(H2,18,19,21). The molecule has 0 heterocycles. The summed E-state index contributed by atoms with van der Waals surface area (Å²) < 4.78 is 0. The van der Waals surface area contributed by atoms with Crippen LogP contribution in [0.3, 0.4) is 0 Å². The van der Waals surface area contributed by atoms with Crippen LogP contribution in [0.2, 0.25) is 0 Å². The summed E-state index contributed by atoms with van der Waals surface area (Å²) in [6.07, 6.45) is 0. The molecule has 21 heavy (non-hydrogen) atoms. The van der Waals surface area contributed by atoms with Crippen molar-refractivity contribution >= 4 is 34.6 Å². The average molecular weight is 299 g/mol. The van der Waals surface area contributed by atoms with Crippen molar-refractivity contribution in [1.82, 2.24) is 0 Å². The number of hydrogen-bond acceptors (Lipinski definition) is 2. The highest BCUT2D eigenvalue weighted by molar-refractivity contribution is 7.80. The van der Waals surface area contributed by atoms with Gasteiger partial charge in [-0.05, 0) is 55.4 Å². The molecule has 0 saturated heterocycles. The molecule has 0 spiro atoms. The molecule has 0 bridgehead atoms. The van der Waals surface area contributed by atoms with Gasteiger partial charge >= 0.3 is 0 Å². The van der Waals surface area contributed by atoms with E-state index in [9.17, 15) is 4.79 Å². The van der Waals surface area contributed by atoms with Crippen LogP contribution >= 0.6 is 12.2 Å². The zero-order chi connectivity index (χ0) is 15.4. The van der Waals surface area contributed by atoms with Crippen LogP contribution < -0.4 is 16.4 Å². The quantitative estimate of drug-likeness (QED) is 0.761. The largest absolute Gasteiger partial charge is 0.366 e. The summed E-state index contributed by atoms with van der Waals surface area (Å²) in [5.41, 5.74) is 9.51. The van der Waals surface area contributed by atoms with Crippen molar-refractivity contribution in [3.63, 3.8) is 0 Å². The third-order valence-corrected chi connectivity index (χ3v) is 3.29. The number of rotatable bonds is 3. The zero-order valence-corrected chi connectivity index (χ0v) is 12.8. The second-order valence-corrected chi connectivity index (χ2v) is 5.22. The van der Waals surface area contributed by atoms with Gasteiger partial charge in [-0.2, -0.15) is 0 Å². The molecule has 2 aromatic rings. The van der Waals surface area contributed by atoms with E-state index in [-0.39, 0.29) is 0 Å². The Bertz CT molecular complexity index is 698. The number of carbonyl (C=O) groups is 1. The molecule has 2 aromatic carbocycles. The van der Waals surface area contributed by atoms with Crippen molar-refractivity contribution in [1.29, 1.82) is 0 Å². The van der Waals surface area contributed by atoms with E-state index in [4.69, 9.17) is 18.0 Å². The Hall–Kier alpha value is -2.40. The van der Waals surface area contributed by atoms with Crippen molar-refractivity contribution < 1.29 is 4.79 Å². The van der Waals surface area contributed by atoms with Gasteiger partial charge in [0.2, 0.25) is 0 Å². The van der Waals surface area contributed by atoms with E-state index in [2.05, 4.69) is 10.6 Å². The van der Waals surface area contributed by atoms with E-state index >= 15 is 0 Å². The number of primary amides is 1. The van der Waals surface area contributed by atoms with Crippen LogP contribution in [0.5, 0.6) is 0 Å². The SMILES string of the molecule is Cc1ccc(C)c(NC(=S)Nc2ccccc2C(N)=O)c1. The number of nitrogens with one attached hydrogen (secondary N) is 2. The van der Waals surface area contributed by atoms with Gasteiger partial charge in [-0.15, -0.1) is 0 Å². The van der Waals surface area contributed by atoms with E-state index in [1.54, 1.807) is 18.2 Å². The Kier molecular flexibility index (Phi) is 4.55. The zero-order valence-electron chi connectivity index (χ0n) is 11.9. The molecule has 0 aliphatic carbocycles. The fraction of sp³-hybridized carbons (Fsp3) is 0.125.